The number of hydrogen-bond donors (Lipinski definition) is 0. The largest absolute Gasteiger partial charge is 0.482 e. The van der Waals surface area contributed by atoms with Crippen molar-refractivity contribution in [3.8, 4) is 11.5 Å². The monoisotopic (exact) mass is 362 g/mol. The van der Waals surface area contributed by atoms with E-state index in [-0.39, 0.29) is 24.8 Å². The van der Waals surface area contributed by atoms with Gasteiger partial charge in [-0.3, -0.25) is 4.79 Å². The van der Waals surface area contributed by atoms with Crippen LogP contribution in [0.1, 0.15) is 15.9 Å². The molecule has 0 bridgehead atoms. The molecule has 136 valence electrons. The SMILES string of the molecule is C=CCOC(=O)COc1ccc2c(c1)O/C(=C\C=C\c1ccccc1)C2=O. The third-order valence-electron chi connectivity index (χ3n) is 3.70. The van der Waals surface area contributed by atoms with E-state index in [2.05, 4.69) is 6.58 Å². The standard InChI is InChI=1S/C22H18O5/c1-2-13-25-21(23)15-26-17-11-12-18-20(14-17)27-19(22(18)24)10-6-9-16-7-4-3-5-8-16/h2-12,14H,1,13,15H2/b9-6+,19-10-. The van der Waals surface area contributed by atoms with Crippen LogP contribution in [-0.2, 0) is 9.53 Å². The molecule has 0 atom stereocenters. The number of carbonyl (C=O) groups is 2. The summed E-state index contributed by atoms with van der Waals surface area (Å²) in [5, 5.41) is 0. The van der Waals surface area contributed by atoms with Crippen LogP contribution in [0.5, 0.6) is 11.5 Å². The van der Waals surface area contributed by atoms with Gasteiger partial charge in [0.2, 0.25) is 5.78 Å². The third-order valence-corrected chi connectivity index (χ3v) is 3.70. The van der Waals surface area contributed by atoms with Gasteiger partial charge < -0.3 is 14.2 Å². The van der Waals surface area contributed by atoms with Crippen LogP contribution in [-0.4, -0.2) is 25.0 Å². The van der Waals surface area contributed by atoms with Crippen molar-refractivity contribution in [3.05, 3.63) is 90.2 Å². The van der Waals surface area contributed by atoms with Gasteiger partial charge in [0.15, 0.2) is 12.4 Å². The van der Waals surface area contributed by atoms with Crippen LogP contribution in [0.15, 0.2) is 79.1 Å². The highest BCUT2D eigenvalue weighted by Gasteiger charge is 2.27. The van der Waals surface area contributed by atoms with Crippen LogP contribution in [0.3, 0.4) is 0 Å². The molecule has 27 heavy (non-hydrogen) atoms. The average Bonchev–Trinajstić information content (AvgIpc) is 3.00. The minimum atomic E-state index is -0.501. The minimum Gasteiger partial charge on any atom is -0.482 e. The summed E-state index contributed by atoms with van der Waals surface area (Å²) in [6.45, 7) is 3.37. The van der Waals surface area contributed by atoms with Gasteiger partial charge in [0.25, 0.3) is 0 Å². The number of esters is 1. The first kappa shape index (κ1) is 18.2. The van der Waals surface area contributed by atoms with Gasteiger partial charge in [0.1, 0.15) is 18.1 Å². The van der Waals surface area contributed by atoms with Gasteiger partial charge in [0.05, 0.1) is 5.56 Å². The van der Waals surface area contributed by atoms with Gasteiger partial charge in [-0.25, -0.2) is 4.79 Å². The second-order valence-corrected chi connectivity index (χ2v) is 5.65. The van der Waals surface area contributed by atoms with E-state index in [9.17, 15) is 9.59 Å². The van der Waals surface area contributed by atoms with E-state index >= 15 is 0 Å². The van der Waals surface area contributed by atoms with Gasteiger partial charge >= 0.3 is 5.97 Å². The lowest BCUT2D eigenvalue weighted by atomic mass is 10.1. The van der Waals surface area contributed by atoms with Crippen molar-refractivity contribution >= 4 is 17.8 Å². The zero-order chi connectivity index (χ0) is 19.1. The molecular formula is C22H18O5. The van der Waals surface area contributed by atoms with E-state index in [1.165, 1.54) is 6.08 Å². The predicted molar refractivity (Wildman–Crippen MR) is 102 cm³/mol. The van der Waals surface area contributed by atoms with Gasteiger partial charge in [0, 0.05) is 6.07 Å². The molecule has 0 spiro atoms. The highest BCUT2D eigenvalue weighted by Crippen LogP contribution is 2.34. The summed E-state index contributed by atoms with van der Waals surface area (Å²) in [6, 6.07) is 14.6. The van der Waals surface area contributed by atoms with E-state index in [1.54, 1.807) is 30.4 Å². The zero-order valence-corrected chi connectivity index (χ0v) is 14.6. The molecule has 0 aliphatic carbocycles. The summed E-state index contributed by atoms with van der Waals surface area (Å²) in [5.74, 6) is 0.355. The van der Waals surface area contributed by atoms with Crippen molar-refractivity contribution in [1.82, 2.24) is 0 Å². The van der Waals surface area contributed by atoms with E-state index in [4.69, 9.17) is 14.2 Å². The van der Waals surface area contributed by atoms with Crippen LogP contribution >= 0.6 is 0 Å². The van der Waals surface area contributed by atoms with Gasteiger partial charge in [-0.1, -0.05) is 55.1 Å². The topological polar surface area (TPSA) is 61.8 Å². The van der Waals surface area contributed by atoms with Crippen molar-refractivity contribution in [3.63, 3.8) is 0 Å². The number of ether oxygens (including phenoxy) is 3. The number of benzene rings is 2. The van der Waals surface area contributed by atoms with E-state index in [1.807, 2.05) is 36.4 Å². The van der Waals surface area contributed by atoms with Crippen molar-refractivity contribution in [2.45, 2.75) is 0 Å². The Bertz CT molecular complexity index is 910. The molecule has 0 saturated heterocycles. The average molecular weight is 362 g/mol. The Morgan fingerprint density at radius 3 is 2.74 bits per heavy atom. The predicted octanol–water partition coefficient (Wildman–Crippen LogP) is 3.97. The van der Waals surface area contributed by atoms with Crippen LogP contribution in [0, 0.1) is 0 Å². The van der Waals surface area contributed by atoms with Crippen LogP contribution < -0.4 is 9.47 Å². The van der Waals surface area contributed by atoms with Crippen molar-refractivity contribution in [1.29, 1.82) is 0 Å². The molecule has 0 radical (unpaired) electrons. The normalized spacial score (nSPS) is 14.1. The van der Waals surface area contributed by atoms with Crippen LogP contribution in [0.4, 0.5) is 0 Å². The number of Topliss-reactive ketones (excluding diaryl/α,β-unsaturated/α-hetero) is 1. The first-order valence-corrected chi connectivity index (χ1v) is 8.36. The van der Waals surface area contributed by atoms with Crippen molar-refractivity contribution in [2.24, 2.45) is 0 Å². The molecule has 1 aliphatic heterocycles. The number of fused-ring (bicyclic) bond motifs is 1. The number of allylic oxidation sites excluding steroid dienone is 3. The Balaban J connectivity index is 1.64. The molecule has 2 aromatic rings. The maximum absolute atomic E-state index is 12.4. The highest BCUT2D eigenvalue weighted by molar-refractivity contribution is 6.12. The maximum Gasteiger partial charge on any atom is 0.344 e. The second-order valence-electron chi connectivity index (χ2n) is 5.65. The number of hydrogen-bond acceptors (Lipinski definition) is 5. The summed E-state index contributed by atoms with van der Waals surface area (Å²) in [4.78, 5) is 23.8. The highest BCUT2D eigenvalue weighted by atomic mass is 16.6. The molecule has 5 nitrogen and oxygen atoms in total. The lowest BCUT2D eigenvalue weighted by Gasteiger charge is -2.06. The maximum atomic E-state index is 12.4. The number of ketones is 1. The van der Waals surface area contributed by atoms with E-state index in [0.717, 1.165) is 5.56 Å². The van der Waals surface area contributed by atoms with Crippen molar-refractivity contribution < 1.29 is 23.8 Å². The Labute approximate surface area is 157 Å². The fourth-order valence-electron chi connectivity index (χ4n) is 2.42. The molecule has 0 amide bonds. The Kier molecular flexibility index (Phi) is 5.84. The summed E-state index contributed by atoms with van der Waals surface area (Å²) in [6.07, 6.45) is 6.76. The summed E-state index contributed by atoms with van der Waals surface area (Å²) < 4.78 is 15.8. The van der Waals surface area contributed by atoms with Crippen molar-refractivity contribution in [2.75, 3.05) is 13.2 Å². The third kappa shape index (κ3) is 4.73. The smallest absolute Gasteiger partial charge is 0.344 e. The van der Waals surface area contributed by atoms with Crippen LogP contribution in [0.25, 0.3) is 6.08 Å². The fourth-order valence-corrected chi connectivity index (χ4v) is 2.42. The minimum absolute atomic E-state index is 0.134. The molecule has 0 fully saturated rings. The molecule has 2 aromatic carbocycles. The molecule has 5 heteroatoms. The first-order valence-electron chi connectivity index (χ1n) is 8.36. The Morgan fingerprint density at radius 1 is 1.15 bits per heavy atom. The summed E-state index contributed by atoms with van der Waals surface area (Å²) in [7, 11) is 0. The molecular weight excluding hydrogens is 344 g/mol. The zero-order valence-electron chi connectivity index (χ0n) is 14.6. The molecule has 0 unspecified atom stereocenters. The van der Waals surface area contributed by atoms with Gasteiger partial charge in [-0.05, 0) is 23.8 Å². The molecule has 0 saturated carbocycles. The fraction of sp³-hybridized carbons (Fsp3) is 0.0909. The molecule has 0 aromatic heterocycles. The van der Waals surface area contributed by atoms with Gasteiger partial charge in [-0.2, -0.15) is 0 Å². The number of carbonyl (C=O) groups excluding carboxylic acids is 2. The Hall–Kier alpha value is -3.60. The summed E-state index contributed by atoms with van der Waals surface area (Å²) >= 11 is 0. The Morgan fingerprint density at radius 2 is 1.96 bits per heavy atom. The number of rotatable bonds is 7. The second kappa shape index (κ2) is 8.67. The molecule has 1 heterocycles. The van der Waals surface area contributed by atoms with E-state index in [0.29, 0.717) is 17.1 Å². The van der Waals surface area contributed by atoms with E-state index < -0.39 is 5.97 Å². The molecule has 1 aliphatic rings. The summed E-state index contributed by atoms with van der Waals surface area (Å²) in [5.41, 5.74) is 1.48. The first-order chi connectivity index (χ1) is 13.2. The lowest BCUT2D eigenvalue weighted by molar-refractivity contribution is -0.144. The molecule has 0 N–H and O–H groups in total. The van der Waals surface area contributed by atoms with Crippen LogP contribution in [0.2, 0.25) is 0 Å². The lowest BCUT2D eigenvalue weighted by Crippen LogP contribution is -2.14. The van der Waals surface area contributed by atoms with Gasteiger partial charge in [-0.15, -0.1) is 0 Å². The molecule has 3 rings (SSSR count). The quantitative estimate of drug-likeness (QED) is 0.424.